The third-order valence-electron chi connectivity index (χ3n) is 2.98. The maximum absolute atomic E-state index is 12.3. The molecule has 1 N–H and O–H groups in total. The van der Waals surface area contributed by atoms with Crippen molar-refractivity contribution >= 4 is 52.4 Å². The summed E-state index contributed by atoms with van der Waals surface area (Å²) in [7, 11) is 0. The molecule has 5 nitrogen and oxygen atoms in total. The molecule has 0 spiro atoms. The number of nitrogens with one attached hydrogen (secondary N) is 1. The Morgan fingerprint density at radius 1 is 1.25 bits per heavy atom. The number of halogens is 3. The zero-order chi connectivity index (χ0) is 17.6. The highest BCUT2D eigenvalue weighted by Gasteiger charge is 2.34. The van der Waals surface area contributed by atoms with Crippen molar-refractivity contribution in [2.45, 2.75) is 16.9 Å². The summed E-state index contributed by atoms with van der Waals surface area (Å²) in [6, 6.07) is 12.9. The van der Waals surface area contributed by atoms with Crippen molar-refractivity contribution < 1.29 is 4.79 Å². The summed E-state index contributed by atoms with van der Waals surface area (Å²) in [6.45, 7) is 1.81. The minimum atomic E-state index is -1.85. The molecule has 1 heterocycles. The van der Waals surface area contributed by atoms with Gasteiger partial charge in [-0.1, -0.05) is 53.0 Å². The SMILES string of the molecule is Cc1ccccc1C(=O)NC(N=C=Nc1cccnc1)C(Cl)(Cl)Cl. The topological polar surface area (TPSA) is 66.7 Å². The number of nitrogens with zero attached hydrogens (tertiary/aromatic N) is 3. The number of rotatable bonds is 4. The quantitative estimate of drug-likeness (QED) is 0.631. The average molecular weight is 384 g/mol. The summed E-state index contributed by atoms with van der Waals surface area (Å²) in [5, 5.41) is 2.56. The van der Waals surface area contributed by atoms with Crippen molar-refractivity contribution in [1.82, 2.24) is 10.3 Å². The van der Waals surface area contributed by atoms with Gasteiger partial charge in [0.25, 0.3) is 5.91 Å². The van der Waals surface area contributed by atoms with E-state index in [-0.39, 0.29) is 0 Å². The van der Waals surface area contributed by atoms with Crippen molar-refractivity contribution in [3.63, 3.8) is 0 Å². The van der Waals surface area contributed by atoms with Gasteiger partial charge in [-0.05, 0) is 30.7 Å². The highest BCUT2D eigenvalue weighted by atomic mass is 35.6. The number of hydrogen-bond donors (Lipinski definition) is 1. The first-order chi connectivity index (χ1) is 11.4. The number of carbonyl (C=O) groups excluding carboxylic acids is 1. The van der Waals surface area contributed by atoms with E-state index in [1.165, 1.54) is 6.20 Å². The molecule has 24 heavy (non-hydrogen) atoms. The Bertz CT molecular complexity index is 768. The first-order valence-electron chi connectivity index (χ1n) is 6.87. The molecule has 1 amide bonds. The lowest BCUT2D eigenvalue weighted by atomic mass is 10.1. The van der Waals surface area contributed by atoms with Crippen molar-refractivity contribution in [2.24, 2.45) is 9.98 Å². The first-order valence-corrected chi connectivity index (χ1v) is 8.00. The summed E-state index contributed by atoms with van der Waals surface area (Å²) >= 11 is 17.6. The average Bonchev–Trinajstić information content (AvgIpc) is 2.54. The van der Waals surface area contributed by atoms with E-state index in [2.05, 4.69) is 26.3 Å². The van der Waals surface area contributed by atoms with E-state index in [1.54, 1.807) is 30.5 Å². The zero-order valence-electron chi connectivity index (χ0n) is 12.6. The molecule has 0 bridgehead atoms. The molecule has 0 saturated heterocycles. The van der Waals surface area contributed by atoms with Gasteiger partial charge in [0.1, 0.15) is 0 Å². The Balaban J connectivity index is 2.19. The van der Waals surface area contributed by atoms with E-state index in [0.717, 1.165) is 5.56 Å². The predicted molar refractivity (Wildman–Crippen MR) is 96.5 cm³/mol. The second-order valence-electron chi connectivity index (χ2n) is 4.78. The van der Waals surface area contributed by atoms with E-state index in [9.17, 15) is 4.79 Å². The van der Waals surface area contributed by atoms with Crippen LogP contribution in [0.25, 0.3) is 0 Å². The van der Waals surface area contributed by atoms with Gasteiger partial charge in [0.05, 0.1) is 17.9 Å². The van der Waals surface area contributed by atoms with E-state index >= 15 is 0 Å². The number of pyridine rings is 1. The van der Waals surface area contributed by atoms with Crippen LogP contribution in [0.5, 0.6) is 0 Å². The van der Waals surface area contributed by atoms with E-state index < -0.39 is 15.9 Å². The molecule has 124 valence electrons. The molecule has 2 aromatic rings. The van der Waals surface area contributed by atoms with Crippen LogP contribution in [0.1, 0.15) is 15.9 Å². The minimum absolute atomic E-state index is 0.406. The number of aromatic nitrogens is 1. The molecule has 2 rings (SSSR count). The molecule has 0 aliphatic rings. The predicted octanol–water partition coefficient (Wildman–Crippen LogP) is 4.32. The van der Waals surface area contributed by atoms with Crippen molar-refractivity contribution in [3.8, 4) is 0 Å². The molecule has 1 aromatic carbocycles. The van der Waals surface area contributed by atoms with Crippen LogP contribution in [0.15, 0.2) is 58.8 Å². The van der Waals surface area contributed by atoms with Crippen LogP contribution in [0, 0.1) is 6.92 Å². The summed E-state index contributed by atoms with van der Waals surface area (Å²) in [5.41, 5.74) is 1.80. The Kier molecular flexibility index (Phi) is 6.35. The van der Waals surface area contributed by atoms with E-state index in [0.29, 0.717) is 11.3 Å². The Hall–Kier alpha value is -1.91. The molecule has 0 saturated carbocycles. The number of aliphatic imine (C=N–C) groups is 2. The van der Waals surface area contributed by atoms with Gasteiger partial charge in [-0.15, -0.1) is 0 Å². The summed E-state index contributed by atoms with van der Waals surface area (Å²) < 4.78 is -1.85. The molecule has 1 aromatic heterocycles. The van der Waals surface area contributed by atoms with Gasteiger partial charge < -0.3 is 5.32 Å². The smallest absolute Gasteiger partial charge is 0.253 e. The lowest BCUT2D eigenvalue weighted by Gasteiger charge is -2.20. The van der Waals surface area contributed by atoms with Crippen LogP contribution in [0.2, 0.25) is 0 Å². The second kappa shape index (κ2) is 8.27. The zero-order valence-corrected chi connectivity index (χ0v) is 14.8. The molecule has 1 unspecified atom stereocenters. The van der Waals surface area contributed by atoms with Gasteiger partial charge in [-0.3, -0.25) is 9.78 Å². The Labute approximate surface area is 154 Å². The van der Waals surface area contributed by atoms with Crippen LogP contribution in [0.3, 0.4) is 0 Å². The summed E-state index contributed by atoms with van der Waals surface area (Å²) in [6.07, 6.45) is 2.00. The largest absolute Gasteiger partial charge is 0.326 e. The van der Waals surface area contributed by atoms with Crippen LogP contribution in [0.4, 0.5) is 5.69 Å². The van der Waals surface area contributed by atoms with Crippen molar-refractivity contribution in [2.75, 3.05) is 0 Å². The molecule has 8 heteroatoms. The number of amides is 1. The lowest BCUT2D eigenvalue weighted by Crippen LogP contribution is -2.42. The number of alkyl halides is 3. The first kappa shape index (κ1) is 18.4. The van der Waals surface area contributed by atoms with Crippen molar-refractivity contribution in [3.05, 3.63) is 59.9 Å². The van der Waals surface area contributed by atoms with Crippen molar-refractivity contribution in [1.29, 1.82) is 0 Å². The van der Waals surface area contributed by atoms with Crippen LogP contribution in [-0.2, 0) is 0 Å². The maximum Gasteiger partial charge on any atom is 0.253 e. The van der Waals surface area contributed by atoms with E-state index in [1.807, 2.05) is 19.1 Å². The molecular formula is C16H13Cl3N4O. The number of aryl methyl sites for hydroxylation is 1. The fourth-order valence-corrected chi connectivity index (χ4v) is 2.09. The fourth-order valence-electron chi connectivity index (χ4n) is 1.78. The minimum Gasteiger partial charge on any atom is -0.326 e. The van der Waals surface area contributed by atoms with Crippen LogP contribution < -0.4 is 5.32 Å². The maximum atomic E-state index is 12.3. The van der Waals surface area contributed by atoms with Gasteiger partial charge >= 0.3 is 0 Å². The monoisotopic (exact) mass is 382 g/mol. The molecule has 0 radical (unpaired) electrons. The van der Waals surface area contributed by atoms with Gasteiger partial charge in [-0.25, -0.2) is 0 Å². The number of hydrogen-bond acceptors (Lipinski definition) is 4. The van der Waals surface area contributed by atoms with Gasteiger partial charge in [0.2, 0.25) is 3.79 Å². The van der Waals surface area contributed by atoms with Crippen LogP contribution in [-0.4, -0.2) is 26.9 Å². The molecule has 0 aliphatic carbocycles. The highest BCUT2D eigenvalue weighted by Crippen LogP contribution is 2.31. The summed E-state index contributed by atoms with van der Waals surface area (Å²) in [5.74, 6) is -0.406. The molecule has 1 atom stereocenters. The summed E-state index contributed by atoms with van der Waals surface area (Å²) in [4.78, 5) is 24.1. The number of carbonyl (C=O) groups is 1. The fraction of sp³-hybridized carbons (Fsp3) is 0.188. The van der Waals surface area contributed by atoms with Gasteiger partial charge in [0.15, 0.2) is 6.17 Å². The normalized spacial score (nSPS) is 12.0. The Morgan fingerprint density at radius 3 is 2.62 bits per heavy atom. The Morgan fingerprint density at radius 2 is 2.00 bits per heavy atom. The standard InChI is InChI=1S/C16H13Cl3N4O/c1-11-5-2-3-7-13(11)14(24)23-15(16(17,18)19)22-10-21-12-6-4-8-20-9-12/h2-9,15H,1H3,(H,23,24). The number of benzene rings is 1. The van der Waals surface area contributed by atoms with Gasteiger partial charge in [-0.2, -0.15) is 9.98 Å². The second-order valence-corrected chi connectivity index (χ2v) is 7.15. The van der Waals surface area contributed by atoms with Crippen LogP contribution >= 0.6 is 34.8 Å². The highest BCUT2D eigenvalue weighted by molar-refractivity contribution is 6.68. The molecule has 0 aliphatic heterocycles. The third kappa shape index (κ3) is 5.32. The molecular weight excluding hydrogens is 371 g/mol. The lowest BCUT2D eigenvalue weighted by molar-refractivity contribution is 0.0938. The van der Waals surface area contributed by atoms with E-state index in [4.69, 9.17) is 34.8 Å². The molecule has 0 fully saturated rings. The van der Waals surface area contributed by atoms with Gasteiger partial charge in [0, 0.05) is 11.8 Å². The third-order valence-corrected chi connectivity index (χ3v) is 3.60.